The molecule has 0 aliphatic carbocycles. The molecule has 0 aromatic carbocycles. The molecule has 1 aromatic rings. The number of halogens is 1. The molecule has 7 heteroatoms. The van der Waals surface area contributed by atoms with E-state index < -0.39 is 0 Å². The van der Waals surface area contributed by atoms with Gasteiger partial charge in [-0.1, -0.05) is 25.9 Å². The molecule has 0 saturated heterocycles. The third-order valence-corrected chi connectivity index (χ3v) is 2.62. The molecule has 1 unspecified atom stereocenters. The van der Waals surface area contributed by atoms with Gasteiger partial charge in [0.25, 0.3) is 0 Å². The van der Waals surface area contributed by atoms with Gasteiger partial charge in [-0.3, -0.25) is 4.79 Å². The zero-order chi connectivity index (χ0) is 14.5. The number of nitrogens with zero attached hydrogens (tertiary/aromatic N) is 2. The van der Waals surface area contributed by atoms with Crippen LogP contribution in [0.2, 0.25) is 0 Å². The Bertz CT molecular complexity index is 415. The maximum absolute atomic E-state index is 11.7. The predicted octanol–water partition coefficient (Wildman–Crippen LogP) is 1.69. The average molecular weight is 305 g/mol. The summed E-state index contributed by atoms with van der Waals surface area (Å²) in [7, 11) is 1.89. The average Bonchev–Trinajstić information content (AvgIpc) is 2.71. The van der Waals surface area contributed by atoms with Gasteiger partial charge in [0, 0.05) is 18.9 Å². The van der Waals surface area contributed by atoms with E-state index in [1.165, 1.54) is 0 Å². The molecule has 2 N–H and O–H groups in total. The fourth-order valence-electron chi connectivity index (χ4n) is 1.54. The van der Waals surface area contributed by atoms with Crippen LogP contribution in [0.15, 0.2) is 4.52 Å². The number of hydrogen-bond donors (Lipinski definition) is 2. The van der Waals surface area contributed by atoms with Crippen LogP contribution < -0.4 is 10.6 Å². The first kappa shape index (κ1) is 18.9. The molecule has 116 valence electrons. The van der Waals surface area contributed by atoms with E-state index in [-0.39, 0.29) is 30.3 Å². The van der Waals surface area contributed by atoms with Crippen molar-refractivity contribution in [2.24, 2.45) is 5.41 Å². The van der Waals surface area contributed by atoms with Crippen LogP contribution in [0.1, 0.15) is 45.8 Å². The van der Waals surface area contributed by atoms with E-state index in [4.69, 9.17) is 4.52 Å². The summed E-state index contributed by atoms with van der Waals surface area (Å²) in [6, 6.07) is 0.293. The van der Waals surface area contributed by atoms with Crippen molar-refractivity contribution < 1.29 is 9.32 Å². The van der Waals surface area contributed by atoms with Crippen LogP contribution in [0.5, 0.6) is 0 Å². The van der Waals surface area contributed by atoms with Gasteiger partial charge in [-0.2, -0.15) is 4.98 Å². The van der Waals surface area contributed by atoms with Crippen LogP contribution in [0.3, 0.4) is 0 Å². The van der Waals surface area contributed by atoms with Crippen molar-refractivity contribution in [1.29, 1.82) is 0 Å². The van der Waals surface area contributed by atoms with Gasteiger partial charge in [-0.05, 0) is 19.4 Å². The van der Waals surface area contributed by atoms with Crippen molar-refractivity contribution in [2.45, 2.75) is 53.1 Å². The maximum Gasteiger partial charge on any atom is 0.246 e. The molecule has 1 rings (SSSR count). The monoisotopic (exact) mass is 304 g/mol. The number of likely N-dealkylation sites (N-methyl/N-ethyl adjacent to an activating group) is 1. The first-order valence-electron chi connectivity index (χ1n) is 6.55. The normalized spacial score (nSPS) is 12.7. The second kappa shape index (κ2) is 8.21. The SMILES string of the molecule is CNC(C)Cc1noc(CNC(=O)CC(C)(C)C)n1.Cl. The second-order valence-corrected chi connectivity index (χ2v) is 6.01. The molecule has 1 aromatic heterocycles. The first-order chi connectivity index (χ1) is 8.80. The van der Waals surface area contributed by atoms with E-state index in [9.17, 15) is 4.79 Å². The van der Waals surface area contributed by atoms with Crippen molar-refractivity contribution in [3.05, 3.63) is 11.7 Å². The lowest BCUT2D eigenvalue weighted by Gasteiger charge is -2.16. The van der Waals surface area contributed by atoms with Gasteiger partial charge in [0.05, 0.1) is 6.54 Å². The summed E-state index contributed by atoms with van der Waals surface area (Å²) >= 11 is 0. The number of hydrogen-bond acceptors (Lipinski definition) is 5. The Labute approximate surface area is 126 Å². The Morgan fingerprint density at radius 3 is 2.60 bits per heavy atom. The number of amides is 1. The minimum absolute atomic E-state index is 0. The Morgan fingerprint density at radius 1 is 1.40 bits per heavy atom. The molecule has 0 bridgehead atoms. The predicted molar refractivity (Wildman–Crippen MR) is 79.7 cm³/mol. The molecule has 0 aliphatic rings. The van der Waals surface area contributed by atoms with Gasteiger partial charge in [-0.25, -0.2) is 0 Å². The van der Waals surface area contributed by atoms with Crippen molar-refractivity contribution >= 4 is 18.3 Å². The molecule has 0 radical (unpaired) electrons. The Balaban J connectivity index is 0.00000361. The van der Waals surface area contributed by atoms with Crippen LogP contribution in [-0.4, -0.2) is 29.1 Å². The fourth-order valence-corrected chi connectivity index (χ4v) is 1.54. The van der Waals surface area contributed by atoms with Gasteiger partial charge in [-0.15, -0.1) is 12.4 Å². The summed E-state index contributed by atoms with van der Waals surface area (Å²) in [4.78, 5) is 15.9. The lowest BCUT2D eigenvalue weighted by atomic mass is 9.92. The molecule has 0 spiro atoms. The van der Waals surface area contributed by atoms with Crippen molar-refractivity contribution in [3.63, 3.8) is 0 Å². The van der Waals surface area contributed by atoms with Gasteiger partial charge < -0.3 is 15.2 Å². The summed E-state index contributed by atoms with van der Waals surface area (Å²) in [6.07, 6.45) is 1.18. The fraction of sp³-hybridized carbons (Fsp3) is 0.769. The highest BCUT2D eigenvalue weighted by Gasteiger charge is 2.16. The summed E-state index contributed by atoms with van der Waals surface area (Å²) in [5, 5.41) is 9.77. The number of rotatable bonds is 6. The summed E-state index contributed by atoms with van der Waals surface area (Å²) in [6.45, 7) is 8.40. The highest BCUT2D eigenvalue weighted by molar-refractivity contribution is 5.85. The minimum atomic E-state index is -0.0215. The molecule has 20 heavy (non-hydrogen) atoms. The van der Waals surface area contributed by atoms with Gasteiger partial charge in [0.15, 0.2) is 5.82 Å². The number of carbonyl (C=O) groups is 1. The van der Waals surface area contributed by atoms with Crippen LogP contribution in [0.4, 0.5) is 0 Å². The van der Waals surface area contributed by atoms with Crippen LogP contribution >= 0.6 is 12.4 Å². The quantitative estimate of drug-likeness (QED) is 0.836. The smallest absolute Gasteiger partial charge is 0.246 e. The molecule has 1 amide bonds. The Hall–Kier alpha value is -1.14. The van der Waals surface area contributed by atoms with Crippen molar-refractivity contribution in [2.75, 3.05) is 7.05 Å². The molecular weight excluding hydrogens is 280 g/mol. The molecule has 1 atom stereocenters. The highest BCUT2D eigenvalue weighted by Crippen LogP contribution is 2.17. The van der Waals surface area contributed by atoms with Crippen LogP contribution in [0.25, 0.3) is 0 Å². The zero-order valence-electron chi connectivity index (χ0n) is 12.8. The van der Waals surface area contributed by atoms with E-state index in [2.05, 4.69) is 20.8 Å². The van der Waals surface area contributed by atoms with Crippen molar-refractivity contribution in [1.82, 2.24) is 20.8 Å². The van der Waals surface area contributed by atoms with Gasteiger partial charge in [0.2, 0.25) is 11.8 Å². The molecule has 6 nitrogen and oxygen atoms in total. The lowest BCUT2D eigenvalue weighted by molar-refractivity contribution is -0.123. The van der Waals surface area contributed by atoms with E-state index in [1.54, 1.807) is 0 Å². The topological polar surface area (TPSA) is 80.0 Å². The molecule has 0 aliphatic heterocycles. The molecule has 1 heterocycles. The second-order valence-electron chi connectivity index (χ2n) is 6.01. The van der Waals surface area contributed by atoms with Crippen molar-refractivity contribution in [3.8, 4) is 0 Å². The van der Waals surface area contributed by atoms with Crippen LogP contribution in [-0.2, 0) is 17.8 Å². The number of aromatic nitrogens is 2. The van der Waals surface area contributed by atoms with Crippen LogP contribution in [0, 0.1) is 5.41 Å². The summed E-state index contributed by atoms with van der Waals surface area (Å²) in [5.74, 6) is 1.10. The largest absolute Gasteiger partial charge is 0.347 e. The van der Waals surface area contributed by atoms with E-state index in [0.717, 1.165) is 0 Å². The van der Waals surface area contributed by atoms with Gasteiger partial charge >= 0.3 is 0 Å². The standard InChI is InChI=1S/C13H24N4O2.ClH/c1-9(14-5)6-10-16-12(19-17-10)8-15-11(18)7-13(2,3)4;/h9,14H,6-8H2,1-5H3,(H,15,18);1H. The van der Waals surface area contributed by atoms with E-state index in [0.29, 0.717) is 30.6 Å². The molecule has 0 saturated carbocycles. The third kappa shape index (κ3) is 7.45. The lowest BCUT2D eigenvalue weighted by Crippen LogP contribution is -2.27. The summed E-state index contributed by atoms with van der Waals surface area (Å²) in [5.41, 5.74) is -0.0215. The highest BCUT2D eigenvalue weighted by atomic mass is 35.5. The Morgan fingerprint density at radius 2 is 2.05 bits per heavy atom. The zero-order valence-corrected chi connectivity index (χ0v) is 13.6. The molecular formula is C13H25ClN4O2. The van der Waals surface area contributed by atoms with E-state index in [1.807, 2.05) is 34.7 Å². The summed E-state index contributed by atoms with van der Waals surface area (Å²) < 4.78 is 5.09. The molecule has 0 fully saturated rings. The Kier molecular flexibility index (Phi) is 7.75. The third-order valence-electron chi connectivity index (χ3n) is 2.62. The van der Waals surface area contributed by atoms with Gasteiger partial charge in [0.1, 0.15) is 0 Å². The minimum Gasteiger partial charge on any atom is -0.347 e. The first-order valence-corrected chi connectivity index (χ1v) is 6.55. The number of carbonyl (C=O) groups excluding carboxylic acids is 1. The number of nitrogens with one attached hydrogen (secondary N) is 2. The van der Waals surface area contributed by atoms with E-state index >= 15 is 0 Å². The maximum atomic E-state index is 11.7.